The second-order valence-electron chi connectivity index (χ2n) is 5.37. The van der Waals surface area contributed by atoms with Crippen LogP contribution in [-0.2, 0) is 19.1 Å². The van der Waals surface area contributed by atoms with E-state index in [0.29, 0.717) is 25.8 Å². The molecule has 20 heavy (non-hydrogen) atoms. The Morgan fingerprint density at radius 1 is 1.25 bits per heavy atom. The maximum atomic E-state index is 12.0. The molecular weight excluding hydrogens is 262 g/mol. The van der Waals surface area contributed by atoms with Gasteiger partial charge in [-0.25, -0.2) is 9.59 Å². The Labute approximate surface area is 117 Å². The highest BCUT2D eigenvalue weighted by atomic mass is 16.6. The van der Waals surface area contributed by atoms with Gasteiger partial charge in [-0.05, 0) is 39.2 Å². The zero-order valence-electron chi connectivity index (χ0n) is 11.6. The number of rotatable bonds is 3. The topological polar surface area (TPSA) is 102 Å². The number of carbonyl (C=O) groups is 3. The molecule has 2 rings (SSSR count). The van der Waals surface area contributed by atoms with Crippen molar-refractivity contribution in [1.82, 2.24) is 10.2 Å². The minimum absolute atomic E-state index is 0.282. The molecule has 2 aliphatic rings. The third-order valence-corrected chi connectivity index (χ3v) is 3.74. The number of ether oxygens (including phenoxy) is 1. The molecular formula is C13H21N3O4. The monoisotopic (exact) mass is 283 g/mol. The highest BCUT2D eigenvalue weighted by Crippen LogP contribution is 2.20. The average Bonchev–Trinajstić information content (AvgIpc) is 3.08. The van der Waals surface area contributed by atoms with Crippen molar-refractivity contribution < 1.29 is 19.1 Å². The van der Waals surface area contributed by atoms with Crippen molar-refractivity contribution >= 4 is 17.8 Å². The summed E-state index contributed by atoms with van der Waals surface area (Å²) in [7, 11) is 0. The van der Waals surface area contributed by atoms with Gasteiger partial charge in [-0.15, -0.1) is 0 Å². The molecule has 3 atom stereocenters. The predicted molar refractivity (Wildman–Crippen MR) is 70.5 cm³/mol. The molecule has 0 bridgehead atoms. The van der Waals surface area contributed by atoms with Crippen molar-refractivity contribution in [2.75, 3.05) is 13.1 Å². The molecule has 0 aromatic rings. The zero-order chi connectivity index (χ0) is 14.7. The van der Waals surface area contributed by atoms with Crippen LogP contribution in [0.25, 0.3) is 0 Å². The first kappa shape index (κ1) is 14.9. The molecule has 112 valence electrons. The summed E-state index contributed by atoms with van der Waals surface area (Å²) in [5, 5.41) is 2.98. The van der Waals surface area contributed by atoms with E-state index in [1.165, 1.54) is 4.90 Å². The summed E-state index contributed by atoms with van der Waals surface area (Å²) in [5.74, 6) is -1.47. The molecule has 0 radical (unpaired) electrons. The van der Waals surface area contributed by atoms with Crippen LogP contribution in [0.5, 0.6) is 0 Å². The van der Waals surface area contributed by atoms with E-state index < -0.39 is 30.1 Å². The molecule has 2 aliphatic heterocycles. The van der Waals surface area contributed by atoms with Crippen molar-refractivity contribution in [2.45, 2.75) is 50.7 Å². The van der Waals surface area contributed by atoms with Crippen molar-refractivity contribution in [1.29, 1.82) is 0 Å². The molecule has 2 saturated heterocycles. The quantitative estimate of drug-likeness (QED) is 0.516. The van der Waals surface area contributed by atoms with Crippen LogP contribution in [0.4, 0.5) is 0 Å². The highest BCUT2D eigenvalue weighted by Gasteiger charge is 2.38. The van der Waals surface area contributed by atoms with Gasteiger partial charge in [0.1, 0.15) is 12.1 Å². The summed E-state index contributed by atoms with van der Waals surface area (Å²) < 4.78 is 4.90. The fourth-order valence-electron chi connectivity index (χ4n) is 2.66. The smallest absolute Gasteiger partial charge is 0.336 e. The lowest BCUT2D eigenvalue weighted by molar-refractivity contribution is -0.166. The van der Waals surface area contributed by atoms with E-state index in [4.69, 9.17) is 10.5 Å². The van der Waals surface area contributed by atoms with Crippen LogP contribution in [0.15, 0.2) is 0 Å². The summed E-state index contributed by atoms with van der Waals surface area (Å²) in [6.45, 7) is 2.82. The number of nitrogens with zero attached hydrogens (tertiary/aromatic N) is 1. The third kappa shape index (κ3) is 3.16. The van der Waals surface area contributed by atoms with Crippen LogP contribution in [0.3, 0.4) is 0 Å². The summed E-state index contributed by atoms with van der Waals surface area (Å²) in [5.41, 5.74) is 5.56. The first-order valence-corrected chi connectivity index (χ1v) is 7.05. The number of likely N-dealkylation sites (tertiary alicyclic amines) is 1. The minimum atomic E-state index is -0.682. The van der Waals surface area contributed by atoms with Crippen molar-refractivity contribution in [3.8, 4) is 0 Å². The van der Waals surface area contributed by atoms with Crippen LogP contribution in [-0.4, -0.2) is 54.0 Å². The lowest BCUT2D eigenvalue weighted by Gasteiger charge is -2.24. The van der Waals surface area contributed by atoms with Crippen molar-refractivity contribution in [3.63, 3.8) is 0 Å². The number of nitrogens with two attached hydrogens (primary N) is 1. The fraction of sp³-hybridized carbons (Fsp3) is 0.769. The minimum Gasteiger partial charge on any atom is -0.390 e. The van der Waals surface area contributed by atoms with E-state index >= 15 is 0 Å². The van der Waals surface area contributed by atoms with Gasteiger partial charge in [0.2, 0.25) is 5.91 Å². The molecule has 2 fully saturated rings. The molecule has 0 aromatic carbocycles. The molecule has 1 amide bonds. The SMILES string of the molecule is C[C@H](N)C(=O)N1CCC[C@H]1C(=O)OC(=O)[C@@H]1CCCN1. The van der Waals surface area contributed by atoms with Gasteiger partial charge in [0.05, 0.1) is 6.04 Å². The van der Waals surface area contributed by atoms with Gasteiger partial charge in [0.25, 0.3) is 0 Å². The van der Waals surface area contributed by atoms with E-state index in [9.17, 15) is 14.4 Å². The number of carbonyl (C=O) groups excluding carboxylic acids is 3. The normalized spacial score (nSPS) is 27.4. The molecule has 7 nitrogen and oxygen atoms in total. The predicted octanol–water partition coefficient (Wildman–Crippen LogP) is -0.854. The molecule has 3 N–H and O–H groups in total. The summed E-state index contributed by atoms with van der Waals surface area (Å²) >= 11 is 0. The van der Waals surface area contributed by atoms with Gasteiger partial charge in [0.15, 0.2) is 0 Å². The van der Waals surface area contributed by atoms with Crippen LogP contribution < -0.4 is 11.1 Å². The molecule has 0 aromatic heterocycles. The van der Waals surface area contributed by atoms with Gasteiger partial charge in [0, 0.05) is 6.54 Å². The van der Waals surface area contributed by atoms with Crippen LogP contribution >= 0.6 is 0 Å². The van der Waals surface area contributed by atoms with E-state index in [1.807, 2.05) is 0 Å². The number of hydrogen-bond acceptors (Lipinski definition) is 6. The van der Waals surface area contributed by atoms with Gasteiger partial charge in [-0.3, -0.25) is 4.79 Å². The van der Waals surface area contributed by atoms with E-state index in [2.05, 4.69) is 5.32 Å². The standard InChI is InChI=1S/C13H21N3O4/c1-8(14)11(17)16-7-3-5-10(16)13(19)20-12(18)9-4-2-6-15-9/h8-10,15H,2-7,14H2,1H3/t8-,9-,10-/m0/s1. The molecule has 2 heterocycles. The molecule has 0 spiro atoms. The van der Waals surface area contributed by atoms with Crippen molar-refractivity contribution in [3.05, 3.63) is 0 Å². The lowest BCUT2D eigenvalue weighted by Crippen LogP contribution is -2.48. The summed E-state index contributed by atoms with van der Waals surface area (Å²) in [6, 6.07) is -1.74. The van der Waals surface area contributed by atoms with E-state index in [0.717, 1.165) is 13.0 Å². The Kier molecular flexibility index (Phi) is 4.72. The first-order chi connectivity index (χ1) is 9.50. The third-order valence-electron chi connectivity index (χ3n) is 3.74. The van der Waals surface area contributed by atoms with Gasteiger partial charge in [-0.1, -0.05) is 0 Å². The summed E-state index contributed by atoms with van der Waals surface area (Å²) in [4.78, 5) is 37.2. The Morgan fingerprint density at radius 2 is 2.00 bits per heavy atom. The maximum absolute atomic E-state index is 12.0. The zero-order valence-corrected chi connectivity index (χ0v) is 11.6. The molecule has 0 saturated carbocycles. The number of esters is 2. The van der Waals surface area contributed by atoms with E-state index in [-0.39, 0.29) is 5.91 Å². The van der Waals surface area contributed by atoms with Crippen LogP contribution in [0.2, 0.25) is 0 Å². The second-order valence-corrected chi connectivity index (χ2v) is 5.37. The molecule has 0 unspecified atom stereocenters. The van der Waals surface area contributed by atoms with Crippen molar-refractivity contribution in [2.24, 2.45) is 5.73 Å². The largest absolute Gasteiger partial charge is 0.390 e. The van der Waals surface area contributed by atoms with Gasteiger partial charge in [-0.2, -0.15) is 0 Å². The first-order valence-electron chi connectivity index (χ1n) is 7.05. The molecule has 7 heteroatoms. The maximum Gasteiger partial charge on any atom is 0.336 e. The number of amides is 1. The Bertz CT molecular complexity index is 404. The summed E-state index contributed by atoms with van der Waals surface area (Å²) in [6.07, 6.45) is 2.81. The Balaban J connectivity index is 1.93. The van der Waals surface area contributed by atoms with Gasteiger partial charge < -0.3 is 20.7 Å². The van der Waals surface area contributed by atoms with Crippen LogP contribution in [0.1, 0.15) is 32.6 Å². The Hall–Kier alpha value is -1.47. The number of nitrogens with one attached hydrogen (secondary N) is 1. The highest BCUT2D eigenvalue weighted by molar-refractivity contribution is 5.94. The fourth-order valence-corrected chi connectivity index (χ4v) is 2.66. The van der Waals surface area contributed by atoms with E-state index in [1.54, 1.807) is 6.92 Å². The Morgan fingerprint density at radius 3 is 2.60 bits per heavy atom. The average molecular weight is 283 g/mol. The van der Waals surface area contributed by atoms with Gasteiger partial charge >= 0.3 is 11.9 Å². The molecule has 0 aliphatic carbocycles. The second kappa shape index (κ2) is 6.32. The van der Waals surface area contributed by atoms with Crippen LogP contribution in [0, 0.1) is 0 Å². The number of hydrogen-bond donors (Lipinski definition) is 2. The lowest BCUT2D eigenvalue weighted by atomic mass is 10.2.